The van der Waals surface area contributed by atoms with E-state index in [0.29, 0.717) is 22.8 Å². The molecular formula is C23H22N6O2. The van der Waals surface area contributed by atoms with Crippen LogP contribution in [0.2, 0.25) is 0 Å². The lowest BCUT2D eigenvalue weighted by molar-refractivity contribution is 0.102. The van der Waals surface area contributed by atoms with Gasteiger partial charge in [-0.05, 0) is 78.4 Å². The van der Waals surface area contributed by atoms with Crippen molar-refractivity contribution in [3.63, 3.8) is 0 Å². The third-order valence-electron chi connectivity index (χ3n) is 4.86. The fourth-order valence-electron chi connectivity index (χ4n) is 3.19. The summed E-state index contributed by atoms with van der Waals surface area (Å²) in [7, 11) is 1.62. The molecule has 0 fully saturated rings. The molecule has 8 nitrogen and oxygen atoms in total. The van der Waals surface area contributed by atoms with Gasteiger partial charge in [0, 0.05) is 11.4 Å². The molecule has 4 aromatic rings. The number of tetrazole rings is 1. The van der Waals surface area contributed by atoms with Gasteiger partial charge >= 0.3 is 0 Å². The zero-order valence-corrected chi connectivity index (χ0v) is 17.5. The summed E-state index contributed by atoms with van der Waals surface area (Å²) >= 11 is 0. The van der Waals surface area contributed by atoms with E-state index in [4.69, 9.17) is 4.74 Å². The van der Waals surface area contributed by atoms with E-state index in [9.17, 15) is 4.79 Å². The summed E-state index contributed by atoms with van der Waals surface area (Å²) in [6.07, 6.45) is 0. The van der Waals surface area contributed by atoms with Crippen LogP contribution in [0.5, 0.6) is 5.75 Å². The number of nitrogens with one attached hydrogen (secondary N) is 2. The fourth-order valence-corrected chi connectivity index (χ4v) is 3.19. The second-order valence-electron chi connectivity index (χ2n) is 6.99. The molecule has 0 unspecified atom stereocenters. The maximum atomic E-state index is 13.1. The molecule has 4 rings (SSSR count). The van der Waals surface area contributed by atoms with Crippen LogP contribution in [0.4, 0.5) is 17.1 Å². The molecule has 0 aliphatic heterocycles. The van der Waals surface area contributed by atoms with E-state index in [1.54, 1.807) is 17.9 Å². The SMILES string of the molecule is COc1ccc(Nc2ccccc2C(=O)Nc2ccc(C)c(-n3nnnc3C)c2)cc1. The fraction of sp³-hybridized carbons (Fsp3) is 0.130. The smallest absolute Gasteiger partial charge is 0.257 e. The van der Waals surface area contributed by atoms with Gasteiger partial charge in [-0.3, -0.25) is 4.79 Å². The maximum Gasteiger partial charge on any atom is 0.257 e. The Morgan fingerprint density at radius 1 is 0.968 bits per heavy atom. The highest BCUT2D eigenvalue weighted by Crippen LogP contribution is 2.25. The summed E-state index contributed by atoms with van der Waals surface area (Å²) in [5.74, 6) is 1.21. The number of carbonyl (C=O) groups excluding carboxylic acids is 1. The van der Waals surface area contributed by atoms with Crippen molar-refractivity contribution in [1.29, 1.82) is 0 Å². The number of amides is 1. The highest BCUT2D eigenvalue weighted by Gasteiger charge is 2.14. The lowest BCUT2D eigenvalue weighted by atomic mass is 10.1. The number of aryl methyl sites for hydroxylation is 2. The first-order chi connectivity index (χ1) is 15.0. The third-order valence-corrected chi connectivity index (χ3v) is 4.86. The summed E-state index contributed by atoms with van der Waals surface area (Å²) in [5, 5.41) is 17.9. The van der Waals surface area contributed by atoms with Crippen LogP contribution in [-0.4, -0.2) is 33.2 Å². The Morgan fingerprint density at radius 2 is 1.71 bits per heavy atom. The van der Waals surface area contributed by atoms with Crippen molar-refractivity contribution in [2.45, 2.75) is 13.8 Å². The monoisotopic (exact) mass is 414 g/mol. The van der Waals surface area contributed by atoms with Gasteiger partial charge in [0.2, 0.25) is 0 Å². The molecule has 2 N–H and O–H groups in total. The van der Waals surface area contributed by atoms with Gasteiger partial charge in [0.1, 0.15) is 5.75 Å². The van der Waals surface area contributed by atoms with Crippen LogP contribution in [-0.2, 0) is 0 Å². The average molecular weight is 414 g/mol. The van der Waals surface area contributed by atoms with Crippen LogP contribution in [0.25, 0.3) is 5.69 Å². The van der Waals surface area contributed by atoms with E-state index in [0.717, 1.165) is 22.7 Å². The first-order valence-electron chi connectivity index (χ1n) is 9.72. The molecule has 0 saturated heterocycles. The topological polar surface area (TPSA) is 94.0 Å². The van der Waals surface area contributed by atoms with Gasteiger partial charge < -0.3 is 15.4 Å². The van der Waals surface area contributed by atoms with Gasteiger partial charge in [0.05, 0.1) is 24.0 Å². The normalized spacial score (nSPS) is 10.5. The molecule has 31 heavy (non-hydrogen) atoms. The first-order valence-corrected chi connectivity index (χ1v) is 9.72. The molecule has 1 heterocycles. The van der Waals surface area contributed by atoms with Crippen LogP contribution in [0.3, 0.4) is 0 Å². The Labute approximate surface area is 179 Å². The van der Waals surface area contributed by atoms with Gasteiger partial charge in [-0.25, -0.2) is 0 Å². The van der Waals surface area contributed by atoms with Crippen molar-refractivity contribution in [2.75, 3.05) is 17.7 Å². The van der Waals surface area contributed by atoms with E-state index in [1.165, 1.54) is 0 Å². The highest BCUT2D eigenvalue weighted by atomic mass is 16.5. The van der Waals surface area contributed by atoms with E-state index in [1.807, 2.05) is 74.5 Å². The highest BCUT2D eigenvalue weighted by molar-refractivity contribution is 6.08. The second kappa shape index (κ2) is 8.66. The Morgan fingerprint density at radius 3 is 2.42 bits per heavy atom. The molecule has 3 aromatic carbocycles. The average Bonchev–Trinajstić information content (AvgIpc) is 3.21. The number of hydrogen-bond acceptors (Lipinski definition) is 6. The van der Waals surface area contributed by atoms with E-state index >= 15 is 0 Å². The van der Waals surface area contributed by atoms with Gasteiger partial charge in [-0.2, -0.15) is 4.68 Å². The molecule has 0 aliphatic carbocycles. The van der Waals surface area contributed by atoms with Gasteiger partial charge in [-0.1, -0.05) is 18.2 Å². The van der Waals surface area contributed by atoms with Crippen LogP contribution in [0, 0.1) is 13.8 Å². The first kappa shape index (κ1) is 20.1. The molecular weight excluding hydrogens is 392 g/mol. The third kappa shape index (κ3) is 4.37. The standard InChI is InChI=1S/C23H22N6O2/c1-15-8-9-18(14-22(15)29-16(2)26-27-28-29)25-23(30)20-6-4-5-7-21(20)24-17-10-12-19(31-3)13-11-17/h4-14,24H,1-3H3,(H,25,30). The maximum absolute atomic E-state index is 13.1. The number of ether oxygens (including phenoxy) is 1. The number of rotatable bonds is 6. The zero-order chi connectivity index (χ0) is 21.8. The molecule has 0 aliphatic rings. The van der Waals surface area contributed by atoms with Crippen LogP contribution < -0.4 is 15.4 Å². The van der Waals surface area contributed by atoms with E-state index < -0.39 is 0 Å². The predicted molar refractivity (Wildman–Crippen MR) is 119 cm³/mol. The summed E-state index contributed by atoms with van der Waals surface area (Å²) in [5.41, 5.74) is 4.54. The minimum Gasteiger partial charge on any atom is -0.497 e. The molecule has 0 saturated carbocycles. The zero-order valence-electron chi connectivity index (χ0n) is 17.5. The van der Waals surface area contributed by atoms with Gasteiger partial charge in [-0.15, -0.1) is 5.10 Å². The van der Waals surface area contributed by atoms with E-state index in [2.05, 4.69) is 26.2 Å². The Balaban J connectivity index is 1.57. The lowest BCUT2D eigenvalue weighted by Crippen LogP contribution is -2.14. The second-order valence-corrected chi connectivity index (χ2v) is 6.99. The van der Waals surface area contributed by atoms with Crippen LogP contribution in [0.1, 0.15) is 21.7 Å². The molecule has 0 spiro atoms. The van der Waals surface area contributed by atoms with Gasteiger partial charge in [0.25, 0.3) is 5.91 Å². The van der Waals surface area contributed by atoms with Crippen molar-refractivity contribution < 1.29 is 9.53 Å². The molecule has 156 valence electrons. The van der Waals surface area contributed by atoms with Crippen molar-refractivity contribution in [2.24, 2.45) is 0 Å². The number of benzene rings is 3. The molecule has 1 amide bonds. The minimum absolute atomic E-state index is 0.222. The Kier molecular flexibility index (Phi) is 5.61. The molecule has 1 aromatic heterocycles. The van der Waals surface area contributed by atoms with Crippen LogP contribution in [0.15, 0.2) is 66.7 Å². The van der Waals surface area contributed by atoms with Crippen molar-refractivity contribution in [3.8, 4) is 11.4 Å². The number of para-hydroxylation sites is 1. The predicted octanol–water partition coefficient (Wildman–Crippen LogP) is 4.28. The molecule has 0 atom stereocenters. The van der Waals surface area contributed by atoms with Crippen molar-refractivity contribution in [3.05, 3.63) is 83.7 Å². The lowest BCUT2D eigenvalue weighted by Gasteiger charge is -2.14. The Bertz CT molecular complexity index is 1220. The summed E-state index contributed by atoms with van der Waals surface area (Å²) < 4.78 is 6.84. The summed E-state index contributed by atoms with van der Waals surface area (Å²) in [6, 6.07) is 20.5. The number of hydrogen-bond donors (Lipinski definition) is 2. The molecule has 0 radical (unpaired) electrons. The largest absolute Gasteiger partial charge is 0.497 e. The number of anilines is 3. The number of methoxy groups -OCH3 is 1. The quantitative estimate of drug-likeness (QED) is 0.489. The Hall–Kier alpha value is -4.20. The van der Waals surface area contributed by atoms with E-state index in [-0.39, 0.29) is 5.91 Å². The number of nitrogens with zero attached hydrogens (tertiary/aromatic N) is 4. The minimum atomic E-state index is -0.222. The summed E-state index contributed by atoms with van der Waals surface area (Å²) in [6.45, 7) is 3.79. The molecule has 8 heteroatoms. The van der Waals surface area contributed by atoms with Crippen molar-refractivity contribution >= 4 is 23.0 Å². The van der Waals surface area contributed by atoms with Crippen molar-refractivity contribution in [1.82, 2.24) is 20.2 Å². The van der Waals surface area contributed by atoms with Crippen LogP contribution >= 0.6 is 0 Å². The van der Waals surface area contributed by atoms with Gasteiger partial charge in [0.15, 0.2) is 5.82 Å². The summed E-state index contributed by atoms with van der Waals surface area (Å²) in [4.78, 5) is 13.1. The number of carbonyl (C=O) groups is 1. The number of aromatic nitrogens is 4. The molecule has 0 bridgehead atoms.